The molecule has 0 unspecified atom stereocenters. The second-order valence-electron chi connectivity index (χ2n) is 6.47. The Morgan fingerprint density at radius 3 is 1.81 bits per heavy atom. The minimum Gasteiger partial charge on any atom is -0.484 e. The summed E-state index contributed by atoms with van der Waals surface area (Å²) in [5.41, 5.74) is 1.16. The van der Waals surface area contributed by atoms with Gasteiger partial charge in [0.25, 0.3) is 11.8 Å². The van der Waals surface area contributed by atoms with Crippen molar-refractivity contribution < 1.29 is 19.1 Å². The number of amides is 2. The second kappa shape index (κ2) is 10.7. The van der Waals surface area contributed by atoms with Gasteiger partial charge in [-0.2, -0.15) is 0 Å². The first-order valence-corrected chi connectivity index (χ1v) is 9.98. The Kier molecular flexibility index (Phi) is 7.70. The zero-order chi connectivity index (χ0) is 22.2. The van der Waals surface area contributed by atoms with Crippen molar-refractivity contribution in [2.45, 2.75) is 6.92 Å². The van der Waals surface area contributed by atoms with Crippen LogP contribution in [0.4, 0.5) is 11.5 Å². The molecule has 31 heavy (non-hydrogen) atoms. The summed E-state index contributed by atoms with van der Waals surface area (Å²) < 4.78 is 10.8. The summed E-state index contributed by atoms with van der Waals surface area (Å²) in [5.74, 6) is 0.735. The molecule has 0 bridgehead atoms. The van der Waals surface area contributed by atoms with Gasteiger partial charge in [-0.05, 0) is 67.1 Å². The number of anilines is 2. The number of pyridine rings is 1. The molecule has 0 aliphatic rings. The maximum absolute atomic E-state index is 12.1. The number of carbonyl (C=O) groups excluding carboxylic acids is 2. The number of hydrogen-bond donors (Lipinski definition) is 2. The number of ether oxygens (including phenoxy) is 2. The minimum atomic E-state index is -0.362. The lowest BCUT2D eigenvalue weighted by atomic mass is 10.2. The van der Waals surface area contributed by atoms with Crippen molar-refractivity contribution in [3.8, 4) is 11.5 Å². The third-order valence-corrected chi connectivity index (χ3v) is 4.49. The molecule has 3 rings (SSSR count). The van der Waals surface area contributed by atoms with E-state index >= 15 is 0 Å². The van der Waals surface area contributed by atoms with Gasteiger partial charge < -0.3 is 20.1 Å². The molecule has 0 aliphatic heterocycles. The highest BCUT2D eigenvalue weighted by Gasteiger charge is 2.10. The summed E-state index contributed by atoms with van der Waals surface area (Å²) in [6.07, 6.45) is 1.45. The highest BCUT2D eigenvalue weighted by atomic mass is 35.5. The Bertz CT molecular complexity index is 1060. The van der Waals surface area contributed by atoms with Crippen molar-refractivity contribution in [3.05, 3.63) is 76.4 Å². The van der Waals surface area contributed by atoms with Crippen LogP contribution in [0.15, 0.2) is 60.8 Å². The summed E-state index contributed by atoms with van der Waals surface area (Å²) in [7, 11) is 0. The van der Waals surface area contributed by atoms with Crippen LogP contribution in [0.2, 0.25) is 10.0 Å². The van der Waals surface area contributed by atoms with Crippen molar-refractivity contribution in [2.75, 3.05) is 23.8 Å². The fraction of sp³-hybridized carbons (Fsp3) is 0.136. The molecule has 3 aromatic rings. The molecular weight excluding hydrogens is 441 g/mol. The average molecular weight is 460 g/mol. The lowest BCUT2D eigenvalue weighted by Crippen LogP contribution is -2.22. The molecule has 0 aliphatic carbocycles. The predicted molar refractivity (Wildman–Crippen MR) is 120 cm³/mol. The molecule has 0 spiro atoms. The van der Waals surface area contributed by atoms with E-state index in [0.717, 1.165) is 0 Å². The fourth-order valence-electron chi connectivity index (χ4n) is 2.50. The zero-order valence-electron chi connectivity index (χ0n) is 16.5. The Hall–Kier alpha value is -3.29. The van der Waals surface area contributed by atoms with Gasteiger partial charge in [-0.3, -0.25) is 9.59 Å². The van der Waals surface area contributed by atoms with E-state index in [0.29, 0.717) is 38.6 Å². The van der Waals surface area contributed by atoms with Crippen molar-refractivity contribution in [1.29, 1.82) is 0 Å². The molecule has 2 amide bonds. The van der Waals surface area contributed by atoms with Gasteiger partial charge in [0, 0.05) is 10.0 Å². The highest BCUT2D eigenvalue weighted by molar-refractivity contribution is 6.30. The van der Waals surface area contributed by atoms with Crippen LogP contribution in [-0.2, 0) is 9.59 Å². The molecular formula is C22H19Cl2N3O4. The predicted octanol–water partition coefficient (Wildman–Crippen LogP) is 4.73. The molecule has 0 saturated carbocycles. The van der Waals surface area contributed by atoms with E-state index in [4.69, 9.17) is 32.7 Å². The van der Waals surface area contributed by atoms with Gasteiger partial charge >= 0.3 is 0 Å². The van der Waals surface area contributed by atoms with Gasteiger partial charge in [-0.25, -0.2) is 4.98 Å². The van der Waals surface area contributed by atoms with Gasteiger partial charge in [-0.1, -0.05) is 23.2 Å². The molecule has 0 saturated heterocycles. The lowest BCUT2D eigenvalue weighted by Gasteiger charge is -2.11. The van der Waals surface area contributed by atoms with E-state index in [1.807, 2.05) is 0 Å². The van der Waals surface area contributed by atoms with Crippen molar-refractivity contribution in [2.24, 2.45) is 0 Å². The summed E-state index contributed by atoms with van der Waals surface area (Å²) in [4.78, 5) is 28.4. The monoisotopic (exact) mass is 459 g/mol. The van der Waals surface area contributed by atoms with Gasteiger partial charge in [0.05, 0.1) is 11.9 Å². The molecule has 1 heterocycles. The van der Waals surface area contributed by atoms with Crippen LogP contribution in [0.5, 0.6) is 11.5 Å². The van der Waals surface area contributed by atoms with Crippen LogP contribution in [0.3, 0.4) is 0 Å². The number of nitrogens with zero attached hydrogens (tertiary/aromatic N) is 1. The third kappa shape index (κ3) is 7.16. The average Bonchev–Trinajstić information content (AvgIpc) is 2.75. The van der Waals surface area contributed by atoms with Crippen molar-refractivity contribution in [1.82, 2.24) is 4.98 Å². The Labute approximate surface area is 189 Å². The molecule has 0 fully saturated rings. The maximum Gasteiger partial charge on any atom is 0.263 e. The van der Waals surface area contributed by atoms with E-state index in [1.54, 1.807) is 61.5 Å². The van der Waals surface area contributed by atoms with E-state index < -0.39 is 0 Å². The molecule has 1 aromatic heterocycles. The van der Waals surface area contributed by atoms with Crippen LogP contribution in [-0.4, -0.2) is 30.0 Å². The first-order chi connectivity index (χ1) is 14.9. The quantitative estimate of drug-likeness (QED) is 0.507. The Balaban J connectivity index is 1.48. The number of carbonyl (C=O) groups is 2. The molecule has 0 atom stereocenters. The second-order valence-corrected chi connectivity index (χ2v) is 7.34. The standard InChI is InChI=1S/C22H19Cl2N3O4/c1-14-10-17(26-20(28)12-30-18-6-2-15(23)3-7-18)11-25-22(14)27-21(29)13-31-19-8-4-16(24)5-9-19/h2-11H,12-13H2,1H3,(H,26,28)(H,25,27,29). The van der Waals surface area contributed by atoms with Crippen LogP contribution >= 0.6 is 23.2 Å². The van der Waals surface area contributed by atoms with Crippen LogP contribution in [0.25, 0.3) is 0 Å². The van der Waals surface area contributed by atoms with Crippen molar-refractivity contribution >= 4 is 46.5 Å². The number of nitrogens with one attached hydrogen (secondary N) is 2. The number of rotatable bonds is 8. The van der Waals surface area contributed by atoms with E-state index in [2.05, 4.69) is 15.6 Å². The van der Waals surface area contributed by atoms with Gasteiger partial charge in [0.1, 0.15) is 17.3 Å². The Morgan fingerprint density at radius 1 is 0.839 bits per heavy atom. The third-order valence-electron chi connectivity index (χ3n) is 3.99. The largest absolute Gasteiger partial charge is 0.484 e. The maximum atomic E-state index is 12.1. The van der Waals surface area contributed by atoms with Gasteiger partial charge in [0.2, 0.25) is 0 Å². The topological polar surface area (TPSA) is 89.5 Å². The van der Waals surface area contributed by atoms with Gasteiger partial charge in [-0.15, -0.1) is 0 Å². The molecule has 2 aromatic carbocycles. The van der Waals surface area contributed by atoms with E-state index in [9.17, 15) is 9.59 Å². The molecule has 0 radical (unpaired) electrons. The summed E-state index contributed by atoms with van der Waals surface area (Å²) in [6, 6.07) is 15.1. The van der Waals surface area contributed by atoms with Crippen LogP contribution in [0.1, 0.15) is 5.56 Å². The molecule has 7 nitrogen and oxygen atoms in total. The fourth-order valence-corrected chi connectivity index (χ4v) is 2.75. The number of hydrogen-bond acceptors (Lipinski definition) is 5. The first-order valence-electron chi connectivity index (χ1n) is 9.22. The van der Waals surface area contributed by atoms with E-state index in [1.165, 1.54) is 6.20 Å². The van der Waals surface area contributed by atoms with Crippen LogP contribution < -0.4 is 20.1 Å². The normalized spacial score (nSPS) is 10.3. The number of aryl methyl sites for hydroxylation is 1. The zero-order valence-corrected chi connectivity index (χ0v) is 18.0. The SMILES string of the molecule is Cc1cc(NC(=O)COc2ccc(Cl)cc2)cnc1NC(=O)COc1ccc(Cl)cc1. The molecule has 2 N–H and O–H groups in total. The molecule has 160 valence electrons. The summed E-state index contributed by atoms with van der Waals surface area (Å²) in [6.45, 7) is 1.42. The lowest BCUT2D eigenvalue weighted by molar-refractivity contribution is -0.118. The van der Waals surface area contributed by atoms with Crippen molar-refractivity contribution in [3.63, 3.8) is 0 Å². The first kappa shape index (κ1) is 22.4. The van der Waals surface area contributed by atoms with Gasteiger partial charge in [0.15, 0.2) is 13.2 Å². The molecule has 9 heteroatoms. The highest BCUT2D eigenvalue weighted by Crippen LogP contribution is 2.18. The number of aromatic nitrogens is 1. The summed E-state index contributed by atoms with van der Waals surface area (Å²) >= 11 is 11.6. The number of halogens is 2. The summed E-state index contributed by atoms with van der Waals surface area (Å²) in [5, 5.41) is 6.54. The minimum absolute atomic E-state index is 0.165. The number of benzene rings is 2. The Morgan fingerprint density at radius 2 is 1.32 bits per heavy atom. The van der Waals surface area contributed by atoms with Crippen LogP contribution in [0, 0.1) is 6.92 Å². The smallest absolute Gasteiger partial charge is 0.263 e. The van der Waals surface area contributed by atoms with E-state index in [-0.39, 0.29) is 25.0 Å².